The summed E-state index contributed by atoms with van der Waals surface area (Å²) < 4.78 is 1.38. The van der Waals surface area contributed by atoms with Gasteiger partial charge >= 0.3 is 11.7 Å². The maximum Gasteiger partial charge on any atom is 0.312 e. The van der Waals surface area contributed by atoms with Crippen molar-refractivity contribution in [1.82, 2.24) is 14.8 Å². The molecule has 0 saturated heterocycles. The van der Waals surface area contributed by atoms with Crippen LogP contribution in [0.1, 0.15) is 17.0 Å². The second-order valence-corrected chi connectivity index (χ2v) is 4.25. The van der Waals surface area contributed by atoms with E-state index < -0.39 is 10.9 Å². The Balaban J connectivity index is 2.60. The standard InChI is InChI=1S/C12H12N4O4/c1-7-9(5-12(17)18)8(2)15(14-7)10-3-4-13-6-11(10)16(19)20/h3-4,6H,5H2,1-2H3,(H,17,18). The van der Waals surface area contributed by atoms with Crippen molar-refractivity contribution < 1.29 is 14.8 Å². The Morgan fingerprint density at radius 1 is 1.50 bits per heavy atom. The lowest BCUT2D eigenvalue weighted by Crippen LogP contribution is -2.05. The minimum absolute atomic E-state index is 0.170. The van der Waals surface area contributed by atoms with Crippen LogP contribution < -0.4 is 0 Å². The van der Waals surface area contributed by atoms with Crippen molar-refractivity contribution in [3.05, 3.63) is 45.5 Å². The highest BCUT2D eigenvalue weighted by atomic mass is 16.6. The Labute approximate surface area is 113 Å². The molecular formula is C12H12N4O4. The van der Waals surface area contributed by atoms with Crippen LogP contribution in [0.3, 0.4) is 0 Å². The van der Waals surface area contributed by atoms with E-state index >= 15 is 0 Å². The minimum Gasteiger partial charge on any atom is -0.481 e. The third kappa shape index (κ3) is 2.35. The number of pyridine rings is 1. The Morgan fingerprint density at radius 3 is 2.80 bits per heavy atom. The van der Waals surface area contributed by atoms with Crippen LogP contribution in [0.4, 0.5) is 5.69 Å². The van der Waals surface area contributed by atoms with Gasteiger partial charge in [-0.05, 0) is 19.9 Å². The highest BCUT2D eigenvalue weighted by Crippen LogP contribution is 2.24. The Kier molecular flexibility index (Phi) is 3.47. The third-order valence-corrected chi connectivity index (χ3v) is 2.97. The summed E-state index contributed by atoms with van der Waals surface area (Å²) in [5.41, 5.74) is 1.75. The molecule has 0 atom stereocenters. The highest BCUT2D eigenvalue weighted by Gasteiger charge is 2.21. The predicted octanol–water partition coefficient (Wildman–Crippen LogP) is 1.42. The molecule has 0 saturated carbocycles. The number of aromatic nitrogens is 3. The van der Waals surface area contributed by atoms with Crippen LogP contribution >= 0.6 is 0 Å². The number of hydrogen-bond acceptors (Lipinski definition) is 5. The molecule has 2 heterocycles. The summed E-state index contributed by atoms with van der Waals surface area (Å²) in [5.74, 6) is -0.972. The molecule has 8 heteroatoms. The van der Waals surface area contributed by atoms with Crippen molar-refractivity contribution in [1.29, 1.82) is 0 Å². The van der Waals surface area contributed by atoms with Gasteiger partial charge in [0.1, 0.15) is 11.9 Å². The first kappa shape index (κ1) is 13.7. The Hall–Kier alpha value is -2.77. The van der Waals surface area contributed by atoms with Gasteiger partial charge in [0.2, 0.25) is 0 Å². The molecule has 0 radical (unpaired) electrons. The van der Waals surface area contributed by atoms with Gasteiger partial charge in [0, 0.05) is 17.5 Å². The van der Waals surface area contributed by atoms with Gasteiger partial charge in [-0.1, -0.05) is 0 Å². The monoisotopic (exact) mass is 276 g/mol. The van der Waals surface area contributed by atoms with Gasteiger partial charge in [-0.2, -0.15) is 5.10 Å². The number of aliphatic carboxylic acids is 1. The molecule has 0 spiro atoms. The van der Waals surface area contributed by atoms with Crippen molar-refractivity contribution in [2.45, 2.75) is 20.3 Å². The van der Waals surface area contributed by atoms with Gasteiger partial charge in [-0.3, -0.25) is 19.9 Å². The summed E-state index contributed by atoms with van der Waals surface area (Å²) in [4.78, 5) is 25.0. The maximum atomic E-state index is 11.0. The van der Waals surface area contributed by atoms with E-state index in [1.54, 1.807) is 13.8 Å². The average molecular weight is 276 g/mol. The molecule has 1 N–H and O–H groups in total. The Bertz CT molecular complexity index is 693. The minimum atomic E-state index is -0.972. The van der Waals surface area contributed by atoms with Gasteiger partial charge in [-0.15, -0.1) is 0 Å². The average Bonchev–Trinajstić information content (AvgIpc) is 2.66. The van der Waals surface area contributed by atoms with E-state index in [0.29, 0.717) is 17.0 Å². The molecule has 0 aliphatic carbocycles. The molecule has 0 amide bonds. The van der Waals surface area contributed by atoms with Crippen LogP contribution in [-0.4, -0.2) is 30.8 Å². The summed E-state index contributed by atoms with van der Waals surface area (Å²) in [7, 11) is 0. The number of carbonyl (C=O) groups is 1. The molecule has 0 aromatic carbocycles. The first-order valence-corrected chi connectivity index (χ1v) is 5.77. The summed E-state index contributed by atoms with van der Waals surface area (Å²) in [6.45, 7) is 3.36. The molecule has 0 aliphatic heterocycles. The van der Waals surface area contributed by atoms with Gasteiger partial charge in [0.25, 0.3) is 0 Å². The van der Waals surface area contributed by atoms with Crippen LogP contribution in [0.2, 0.25) is 0 Å². The zero-order chi connectivity index (χ0) is 14.9. The molecule has 0 unspecified atom stereocenters. The normalized spacial score (nSPS) is 10.5. The van der Waals surface area contributed by atoms with Gasteiger partial charge in [-0.25, -0.2) is 4.68 Å². The Morgan fingerprint density at radius 2 is 2.20 bits per heavy atom. The second-order valence-electron chi connectivity index (χ2n) is 4.25. The number of rotatable bonds is 4. The number of hydrogen-bond donors (Lipinski definition) is 1. The van der Waals surface area contributed by atoms with E-state index in [2.05, 4.69) is 10.1 Å². The van der Waals surface area contributed by atoms with E-state index in [4.69, 9.17) is 5.11 Å². The van der Waals surface area contributed by atoms with E-state index in [9.17, 15) is 14.9 Å². The van der Waals surface area contributed by atoms with Crippen LogP contribution in [-0.2, 0) is 11.2 Å². The van der Waals surface area contributed by atoms with E-state index in [-0.39, 0.29) is 17.8 Å². The van der Waals surface area contributed by atoms with Crippen molar-refractivity contribution >= 4 is 11.7 Å². The summed E-state index contributed by atoms with van der Waals surface area (Å²) in [6, 6.07) is 1.47. The molecule has 20 heavy (non-hydrogen) atoms. The number of nitro groups is 1. The molecule has 0 bridgehead atoms. The molecule has 0 aliphatic rings. The van der Waals surface area contributed by atoms with E-state index in [0.717, 1.165) is 6.20 Å². The molecular weight excluding hydrogens is 264 g/mol. The summed E-state index contributed by atoms with van der Waals surface area (Å²) in [5, 5.41) is 24.1. The molecule has 104 valence electrons. The second kappa shape index (κ2) is 5.08. The lowest BCUT2D eigenvalue weighted by molar-refractivity contribution is -0.385. The zero-order valence-electron chi connectivity index (χ0n) is 10.9. The summed E-state index contributed by atoms with van der Waals surface area (Å²) >= 11 is 0. The topological polar surface area (TPSA) is 111 Å². The van der Waals surface area contributed by atoms with Crippen molar-refractivity contribution in [2.24, 2.45) is 0 Å². The van der Waals surface area contributed by atoms with Gasteiger partial charge in [0.05, 0.1) is 17.0 Å². The van der Waals surface area contributed by atoms with Crippen LogP contribution in [0, 0.1) is 24.0 Å². The number of aryl methyl sites for hydroxylation is 1. The van der Waals surface area contributed by atoms with Gasteiger partial charge in [0.15, 0.2) is 0 Å². The summed E-state index contributed by atoms with van der Waals surface area (Å²) in [6.07, 6.45) is 2.40. The highest BCUT2D eigenvalue weighted by molar-refractivity contribution is 5.71. The maximum absolute atomic E-state index is 11.0. The van der Waals surface area contributed by atoms with E-state index in [1.165, 1.54) is 16.9 Å². The lowest BCUT2D eigenvalue weighted by atomic mass is 10.1. The fourth-order valence-electron chi connectivity index (χ4n) is 2.02. The fraction of sp³-hybridized carbons (Fsp3) is 0.250. The molecule has 2 aromatic heterocycles. The molecule has 2 aromatic rings. The molecule has 2 rings (SSSR count). The number of nitrogens with zero attached hydrogens (tertiary/aromatic N) is 4. The van der Waals surface area contributed by atoms with Crippen molar-refractivity contribution in [2.75, 3.05) is 0 Å². The predicted molar refractivity (Wildman–Crippen MR) is 68.8 cm³/mol. The molecule has 8 nitrogen and oxygen atoms in total. The van der Waals surface area contributed by atoms with Crippen LogP contribution in [0.5, 0.6) is 0 Å². The lowest BCUT2D eigenvalue weighted by Gasteiger charge is -2.05. The van der Waals surface area contributed by atoms with Crippen LogP contribution in [0.25, 0.3) is 5.69 Å². The van der Waals surface area contributed by atoms with Crippen LogP contribution in [0.15, 0.2) is 18.5 Å². The van der Waals surface area contributed by atoms with Crippen molar-refractivity contribution in [3.63, 3.8) is 0 Å². The van der Waals surface area contributed by atoms with E-state index in [1.807, 2.05) is 0 Å². The zero-order valence-corrected chi connectivity index (χ0v) is 10.9. The van der Waals surface area contributed by atoms with Gasteiger partial charge < -0.3 is 5.11 Å². The fourth-order valence-corrected chi connectivity index (χ4v) is 2.02. The van der Waals surface area contributed by atoms with Crippen molar-refractivity contribution in [3.8, 4) is 5.69 Å². The largest absolute Gasteiger partial charge is 0.481 e. The first-order valence-electron chi connectivity index (χ1n) is 5.77. The quantitative estimate of drug-likeness (QED) is 0.667. The first-order chi connectivity index (χ1) is 9.41. The molecule has 0 fully saturated rings. The number of carboxylic acids is 1. The third-order valence-electron chi connectivity index (χ3n) is 2.97. The number of carboxylic acid groups (broad SMARTS) is 1. The SMILES string of the molecule is Cc1nn(-c2ccncc2[N+](=O)[O-])c(C)c1CC(=O)O. The smallest absolute Gasteiger partial charge is 0.312 e.